The van der Waals surface area contributed by atoms with Gasteiger partial charge in [0.15, 0.2) is 5.82 Å². The molecule has 6 heteroatoms. The summed E-state index contributed by atoms with van der Waals surface area (Å²) < 4.78 is 10.5. The number of nitrogens with one attached hydrogen (secondary N) is 2. The summed E-state index contributed by atoms with van der Waals surface area (Å²) in [6, 6.07) is 16.7. The van der Waals surface area contributed by atoms with E-state index in [1.165, 1.54) is 0 Å². The van der Waals surface area contributed by atoms with Crippen LogP contribution in [-0.4, -0.2) is 30.3 Å². The van der Waals surface area contributed by atoms with Gasteiger partial charge in [-0.05, 0) is 23.8 Å². The van der Waals surface area contributed by atoms with Gasteiger partial charge < -0.3 is 14.8 Å². The lowest BCUT2D eigenvalue weighted by atomic mass is 10.1. The number of para-hydroxylation sites is 1. The van der Waals surface area contributed by atoms with E-state index in [1.807, 2.05) is 42.5 Å². The molecule has 0 unspecified atom stereocenters. The van der Waals surface area contributed by atoms with E-state index in [4.69, 9.17) is 9.47 Å². The van der Waals surface area contributed by atoms with Crippen molar-refractivity contribution in [1.82, 2.24) is 10.2 Å². The van der Waals surface area contributed by atoms with Gasteiger partial charge in [0.25, 0.3) is 5.91 Å². The number of rotatable bonds is 6. The SMILES string of the molecule is COCc1ccccc1C(=O)Nc1cc(-c2ccccc2OC)[nH]n1. The molecule has 1 amide bonds. The first-order valence-electron chi connectivity index (χ1n) is 7.80. The maximum atomic E-state index is 12.5. The number of carbonyl (C=O) groups excluding carboxylic acids is 1. The Bertz CT molecular complexity index is 874. The lowest BCUT2D eigenvalue weighted by molar-refractivity contribution is 0.102. The van der Waals surface area contributed by atoms with Crippen LogP contribution in [0.25, 0.3) is 11.3 Å². The molecule has 3 rings (SSSR count). The zero-order valence-electron chi connectivity index (χ0n) is 14.1. The molecule has 1 heterocycles. The van der Waals surface area contributed by atoms with Gasteiger partial charge in [0, 0.05) is 24.3 Å². The summed E-state index contributed by atoms with van der Waals surface area (Å²) in [5, 5.41) is 9.90. The van der Waals surface area contributed by atoms with Crippen molar-refractivity contribution >= 4 is 11.7 Å². The highest BCUT2D eigenvalue weighted by atomic mass is 16.5. The van der Waals surface area contributed by atoms with Crippen LogP contribution in [0.5, 0.6) is 5.75 Å². The summed E-state index contributed by atoms with van der Waals surface area (Å²) >= 11 is 0. The lowest BCUT2D eigenvalue weighted by Crippen LogP contribution is -2.14. The fraction of sp³-hybridized carbons (Fsp3) is 0.158. The van der Waals surface area contributed by atoms with Gasteiger partial charge in [-0.2, -0.15) is 5.10 Å². The number of amides is 1. The van der Waals surface area contributed by atoms with Gasteiger partial charge in [0.05, 0.1) is 19.4 Å². The summed E-state index contributed by atoms with van der Waals surface area (Å²) in [5.41, 5.74) is 3.02. The molecule has 0 saturated heterocycles. The highest BCUT2D eigenvalue weighted by Crippen LogP contribution is 2.29. The number of aromatic amines is 1. The summed E-state index contributed by atoms with van der Waals surface area (Å²) in [4.78, 5) is 12.5. The Labute approximate surface area is 145 Å². The first kappa shape index (κ1) is 16.7. The molecule has 0 atom stereocenters. The fourth-order valence-electron chi connectivity index (χ4n) is 2.60. The zero-order valence-corrected chi connectivity index (χ0v) is 14.1. The standard InChI is InChI=1S/C19H19N3O3/c1-24-12-13-7-3-4-8-14(13)19(23)20-18-11-16(21-22-18)15-9-5-6-10-17(15)25-2/h3-11H,12H2,1-2H3,(H2,20,21,22,23). The van der Waals surface area contributed by atoms with Crippen LogP contribution in [0.1, 0.15) is 15.9 Å². The first-order chi connectivity index (χ1) is 12.2. The number of carbonyl (C=O) groups is 1. The van der Waals surface area contributed by atoms with Crippen LogP contribution in [0.4, 0.5) is 5.82 Å². The Morgan fingerprint density at radius 2 is 1.88 bits per heavy atom. The average Bonchev–Trinajstić information content (AvgIpc) is 3.10. The Hall–Kier alpha value is -3.12. The second kappa shape index (κ2) is 7.63. The molecule has 0 aliphatic carbocycles. The number of ether oxygens (including phenoxy) is 2. The summed E-state index contributed by atoms with van der Waals surface area (Å²) in [6.45, 7) is 0.372. The predicted octanol–water partition coefficient (Wildman–Crippen LogP) is 3.48. The van der Waals surface area contributed by atoms with E-state index in [0.29, 0.717) is 18.0 Å². The van der Waals surface area contributed by atoms with Gasteiger partial charge in [0.1, 0.15) is 5.75 Å². The minimum atomic E-state index is -0.231. The molecule has 0 saturated carbocycles. The molecule has 6 nitrogen and oxygen atoms in total. The number of hydrogen-bond donors (Lipinski definition) is 2. The van der Waals surface area contributed by atoms with Crippen LogP contribution in [0, 0.1) is 0 Å². The third kappa shape index (κ3) is 3.70. The van der Waals surface area contributed by atoms with Crippen molar-refractivity contribution in [2.75, 3.05) is 19.5 Å². The second-order valence-corrected chi connectivity index (χ2v) is 5.41. The summed E-state index contributed by atoms with van der Waals surface area (Å²) in [6.07, 6.45) is 0. The van der Waals surface area contributed by atoms with E-state index in [1.54, 1.807) is 26.4 Å². The van der Waals surface area contributed by atoms with Crippen molar-refractivity contribution in [3.63, 3.8) is 0 Å². The van der Waals surface area contributed by atoms with E-state index >= 15 is 0 Å². The van der Waals surface area contributed by atoms with Crippen LogP contribution >= 0.6 is 0 Å². The number of nitrogens with zero attached hydrogens (tertiary/aromatic N) is 1. The van der Waals surface area contributed by atoms with Crippen molar-refractivity contribution in [3.05, 3.63) is 65.7 Å². The predicted molar refractivity (Wildman–Crippen MR) is 95.7 cm³/mol. The van der Waals surface area contributed by atoms with Crippen molar-refractivity contribution in [3.8, 4) is 17.0 Å². The highest BCUT2D eigenvalue weighted by Gasteiger charge is 2.14. The molecule has 0 bridgehead atoms. The van der Waals surface area contributed by atoms with E-state index in [0.717, 1.165) is 22.6 Å². The maximum absolute atomic E-state index is 12.5. The van der Waals surface area contributed by atoms with Gasteiger partial charge in [-0.1, -0.05) is 30.3 Å². The minimum absolute atomic E-state index is 0.231. The molecule has 0 aliphatic heterocycles. The molecule has 2 aromatic carbocycles. The molecular formula is C19H19N3O3. The molecule has 2 N–H and O–H groups in total. The quantitative estimate of drug-likeness (QED) is 0.722. The normalized spacial score (nSPS) is 10.5. The van der Waals surface area contributed by atoms with Gasteiger partial charge in [-0.15, -0.1) is 0 Å². The second-order valence-electron chi connectivity index (χ2n) is 5.41. The van der Waals surface area contributed by atoms with Crippen molar-refractivity contribution in [2.24, 2.45) is 0 Å². The van der Waals surface area contributed by atoms with Crippen molar-refractivity contribution < 1.29 is 14.3 Å². The Morgan fingerprint density at radius 1 is 1.12 bits per heavy atom. The van der Waals surface area contributed by atoms with Crippen LogP contribution in [0.3, 0.4) is 0 Å². The molecule has 128 valence electrons. The average molecular weight is 337 g/mol. The number of benzene rings is 2. The topological polar surface area (TPSA) is 76.2 Å². The third-order valence-corrected chi connectivity index (χ3v) is 3.78. The van der Waals surface area contributed by atoms with E-state index in [2.05, 4.69) is 15.5 Å². The summed E-state index contributed by atoms with van der Waals surface area (Å²) in [7, 11) is 3.21. The van der Waals surface area contributed by atoms with Crippen molar-refractivity contribution in [2.45, 2.75) is 6.61 Å². The Balaban J connectivity index is 1.81. The monoisotopic (exact) mass is 337 g/mol. The lowest BCUT2D eigenvalue weighted by Gasteiger charge is -2.08. The number of methoxy groups -OCH3 is 2. The van der Waals surface area contributed by atoms with E-state index in [9.17, 15) is 4.79 Å². The fourth-order valence-corrected chi connectivity index (χ4v) is 2.60. The Kier molecular flexibility index (Phi) is 5.11. The first-order valence-corrected chi connectivity index (χ1v) is 7.80. The molecule has 0 radical (unpaired) electrons. The van der Waals surface area contributed by atoms with E-state index < -0.39 is 0 Å². The largest absolute Gasteiger partial charge is 0.496 e. The molecule has 0 spiro atoms. The van der Waals surface area contributed by atoms with Crippen LogP contribution in [0.15, 0.2) is 54.6 Å². The molecular weight excluding hydrogens is 318 g/mol. The van der Waals surface area contributed by atoms with E-state index in [-0.39, 0.29) is 5.91 Å². The highest BCUT2D eigenvalue weighted by molar-refractivity contribution is 6.05. The van der Waals surface area contributed by atoms with Crippen molar-refractivity contribution in [1.29, 1.82) is 0 Å². The molecule has 1 aromatic heterocycles. The minimum Gasteiger partial charge on any atom is -0.496 e. The number of aromatic nitrogens is 2. The van der Waals surface area contributed by atoms with Crippen LogP contribution in [0.2, 0.25) is 0 Å². The van der Waals surface area contributed by atoms with Gasteiger partial charge in [-0.25, -0.2) is 0 Å². The smallest absolute Gasteiger partial charge is 0.257 e. The summed E-state index contributed by atoms with van der Waals surface area (Å²) in [5.74, 6) is 0.943. The molecule has 0 aliphatic rings. The van der Waals surface area contributed by atoms with Crippen LogP contribution < -0.4 is 10.1 Å². The molecule has 25 heavy (non-hydrogen) atoms. The van der Waals surface area contributed by atoms with Crippen LogP contribution in [-0.2, 0) is 11.3 Å². The zero-order chi connectivity index (χ0) is 17.6. The Morgan fingerprint density at radius 3 is 2.68 bits per heavy atom. The maximum Gasteiger partial charge on any atom is 0.257 e. The number of hydrogen-bond acceptors (Lipinski definition) is 4. The third-order valence-electron chi connectivity index (χ3n) is 3.78. The van der Waals surface area contributed by atoms with Gasteiger partial charge in [-0.3, -0.25) is 9.89 Å². The van der Waals surface area contributed by atoms with Gasteiger partial charge in [0.2, 0.25) is 0 Å². The number of H-pyrrole nitrogens is 1. The van der Waals surface area contributed by atoms with Gasteiger partial charge >= 0.3 is 0 Å². The molecule has 0 fully saturated rings. The molecule has 3 aromatic rings. The number of anilines is 1.